The third-order valence-electron chi connectivity index (χ3n) is 4.50. The van der Waals surface area contributed by atoms with Gasteiger partial charge in [-0.1, -0.05) is 44.7 Å². The lowest BCUT2D eigenvalue weighted by molar-refractivity contribution is 0.323. The number of nitrogens with zero attached hydrogens (tertiary/aromatic N) is 1. The van der Waals surface area contributed by atoms with Gasteiger partial charge in [-0.2, -0.15) is 0 Å². The van der Waals surface area contributed by atoms with Gasteiger partial charge in [0.05, 0.1) is 15.2 Å². The van der Waals surface area contributed by atoms with E-state index in [-0.39, 0.29) is 0 Å². The Morgan fingerprint density at radius 3 is 2.85 bits per heavy atom. The lowest BCUT2D eigenvalue weighted by Crippen LogP contribution is -2.28. The van der Waals surface area contributed by atoms with Gasteiger partial charge in [0.1, 0.15) is 0 Å². The van der Waals surface area contributed by atoms with Crippen LogP contribution in [0.5, 0.6) is 0 Å². The summed E-state index contributed by atoms with van der Waals surface area (Å²) in [5.74, 6) is 1.67. The van der Waals surface area contributed by atoms with Crippen molar-refractivity contribution in [2.75, 3.05) is 13.1 Å². The second kappa shape index (κ2) is 6.68. The molecule has 0 spiro atoms. The van der Waals surface area contributed by atoms with Crippen molar-refractivity contribution in [3.05, 3.63) is 29.3 Å². The van der Waals surface area contributed by atoms with Crippen LogP contribution in [-0.4, -0.2) is 18.1 Å². The van der Waals surface area contributed by atoms with Crippen molar-refractivity contribution in [1.82, 2.24) is 10.3 Å². The third-order valence-corrected chi connectivity index (χ3v) is 5.56. The number of benzene rings is 1. The first-order chi connectivity index (χ1) is 9.86. The van der Waals surface area contributed by atoms with Gasteiger partial charge in [0.15, 0.2) is 0 Å². The predicted molar refractivity (Wildman–Crippen MR) is 87.3 cm³/mol. The molecule has 1 atom stereocenters. The predicted octanol–water partition coefficient (Wildman–Crippen LogP) is 4.25. The van der Waals surface area contributed by atoms with E-state index in [1.54, 1.807) is 0 Å². The minimum absolute atomic E-state index is 0.762. The van der Waals surface area contributed by atoms with Gasteiger partial charge in [-0.05, 0) is 37.1 Å². The fourth-order valence-corrected chi connectivity index (χ4v) is 4.46. The largest absolute Gasteiger partial charge is 0.317 e. The summed E-state index contributed by atoms with van der Waals surface area (Å²) >= 11 is 1.88. The van der Waals surface area contributed by atoms with Crippen molar-refractivity contribution in [3.63, 3.8) is 0 Å². The SMILES string of the molecule is CCNCC(Cc1nc2ccccc2s1)C1CCCC1. The molecule has 1 aromatic carbocycles. The fourth-order valence-electron chi connectivity index (χ4n) is 3.40. The van der Waals surface area contributed by atoms with E-state index < -0.39 is 0 Å². The zero-order valence-electron chi connectivity index (χ0n) is 12.3. The van der Waals surface area contributed by atoms with E-state index in [1.165, 1.54) is 40.9 Å². The highest BCUT2D eigenvalue weighted by Crippen LogP contribution is 2.34. The number of hydrogen-bond donors (Lipinski definition) is 1. The first-order valence-electron chi connectivity index (χ1n) is 7.92. The molecule has 1 saturated carbocycles. The summed E-state index contributed by atoms with van der Waals surface area (Å²) in [7, 11) is 0. The Bertz CT molecular complexity index is 510. The van der Waals surface area contributed by atoms with Crippen molar-refractivity contribution in [2.24, 2.45) is 11.8 Å². The van der Waals surface area contributed by atoms with Crippen LogP contribution in [0.25, 0.3) is 10.2 Å². The summed E-state index contributed by atoms with van der Waals surface area (Å²) in [4.78, 5) is 4.82. The number of hydrogen-bond acceptors (Lipinski definition) is 3. The van der Waals surface area contributed by atoms with Crippen LogP contribution in [0.2, 0.25) is 0 Å². The van der Waals surface area contributed by atoms with Crippen molar-refractivity contribution in [2.45, 2.75) is 39.0 Å². The van der Waals surface area contributed by atoms with Gasteiger partial charge in [0.2, 0.25) is 0 Å². The van der Waals surface area contributed by atoms with Crippen LogP contribution in [0, 0.1) is 11.8 Å². The molecule has 0 bridgehead atoms. The minimum atomic E-state index is 0.762. The number of para-hydroxylation sites is 1. The number of rotatable bonds is 6. The smallest absolute Gasteiger partial charge is 0.0941 e. The fraction of sp³-hybridized carbons (Fsp3) is 0.588. The van der Waals surface area contributed by atoms with E-state index >= 15 is 0 Å². The van der Waals surface area contributed by atoms with E-state index in [1.807, 2.05) is 11.3 Å². The quantitative estimate of drug-likeness (QED) is 0.859. The van der Waals surface area contributed by atoms with E-state index in [2.05, 4.69) is 36.5 Å². The van der Waals surface area contributed by atoms with Gasteiger partial charge in [-0.15, -0.1) is 11.3 Å². The molecule has 2 nitrogen and oxygen atoms in total. The highest BCUT2D eigenvalue weighted by atomic mass is 32.1. The number of aromatic nitrogens is 1. The molecule has 1 aromatic heterocycles. The lowest BCUT2D eigenvalue weighted by Gasteiger charge is -2.22. The summed E-state index contributed by atoms with van der Waals surface area (Å²) in [5, 5.41) is 4.88. The highest BCUT2D eigenvalue weighted by molar-refractivity contribution is 7.18. The van der Waals surface area contributed by atoms with Gasteiger partial charge in [0, 0.05) is 6.42 Å². The van der Waals surface area contributed by atoms with Crippen molar-refractivity contribution >= 4 is 21.6 Å². The Hall–Kier alpha value is -0.930. The second-order valence-electron chi connectivity index (χ2n) is 5.89. The second-order valence-corrected chi connectivity index (χ2v) is 7.01. The molecule has 0 saturated heterocycles. The molecule has 1 heterocycles. The van der Waals surface area contributed by atoms with Gasteiger partial charge < -0.3 is 5.32 Å². The summed E-state index contributed by atoms with van der Waals surface area (Å²) in [6.45, 7) is 4.42. The normalized spacial score (nSPS) is 17.9. The van der Waals surface area contributed by atoms with Gasteiger partial charge in [-0.3, -0.25) is 0 Å². The maximum atomic E-state index is 4.82. The molecule has 3 heteroatoms. The standard InChI is InChI=1S/C17H24N2S/c1-2-18-12-14(13-7-3-4-8-13)11-17-19-15-9-5-6-10-16(15)20-17/h5-6,9-10,13-14,18H,2-4,7-8,11-12H2,1H3. The van der Waals surface area contributed by atoms with E-state index in [0.29, 0.717) is 0 Å². The summed E-state index contributed by atoms with van der Waals surface area (Å²) in [5.41, 5.74) is 1.17. The molecule has 0 amide bonds. The zero-order valence-corrected chi connectivity index (χ0v) is 13.1. The Morgan fingerprint density at radius 2 is 2.10 bits per heavy atom. The van der Waals surface area contributed by atoms with Crippen molar-refractivity contribution in [1.29, 1.82) is 0 Å². The molecule has 1 aliphatic carbocycles. The van der Waals surface area contributed by atoms with E-state index in [4.69, 9.17) is 4.98 Å². The molecule has 3 rings (SSSR count). The van der Waals surface area contributed by atoms with E-state index in [0.717, 1.165) is 31.3 Å². The summed E-state index contributed by atoms with van der Waals surface area (Å²) in [6, 6.07) is 8.51. The van der Waals surface area contributed by atoms with Crippen LogP contribution in [0.4, 0.5) is 0 Å². The van der Waals surface area contributed by atoms with Gasteiger partial charge in [0.25, 0.3) is 0 Å². The maximum absolute atomic E-state index is 4.82. The van der Waals surface area contributed by atoms with Crippen LogP contribution in [0.1, 0.15) is 37.6 Å². The summed E-state index contributed by atoms with van der Waals surface area (Å²) in [6.07, 6.45) is 6.83. The molecular formula is C17H24N2S. The van der Waals surface area contributed by atoms with Crippen LogP contribution >= 0.6 is 11.3 Å². The number of thiazole rings is 1. The molecule has 1 aliphatic rings. The Balaban J connectivity index is 1.73. The number of nitrogens with one attached hydrogen (secondary N) is 1. The number of fused-ring (bicyclic) bond motifs is 1. The first-order valence-corrected chi connectivity index (χ1v) is 8.73. The Morgan fingerprint density at radius 1 is 1.30 bits per heavy atom. The lowest BCUT2D eigenvalue weighted by atomic mass is 9.88. The van der Waals surface area contributed by atoms with Crippen LogP contribution < -0.4 is 5.32 Å². The molecule has 2 aromatic rings. The Kier molecular flexibility index (Phi) is 4.69. The molecule has 1 unspecified atom stereocenters. The molecule has 0 aliphatic heterocycles. The van der Waals surface area contributed by atoms with Gasteiger partial charge >= 0.3 is 0 Å². The van der Waals surface area contributed by atoms with Crippen molar-refractivity contribution in [3.8, 4) is 0 Å². The van der Waals surface area contributed by atoms with Gasteiger partial charge in [-0.25, -0.2) is 4.98 Å². The first kappa shape index (κ1) is 14.0. The minimum Gasteiger partial charge on any atom is -0.317 e. The topological polar surface area (TPSA) is 24.9 Å². The zero-order chi connectivity index (χ0) is 13.8. The molecule has 0 radical (unpaired) electrons. The monoisotopic (exact) mass is 288 g/mol. The average molecular weight is 288 g/mol. The summed E-state index contributed by atoms with van der Waals surface area (Å²) < 4.78 is 1.33. The maximum Gasteiger partial charge on any atom is 0.0941 e. The third kappa shape index (κ3) is 3.21. The average Bonchev–Trinajstić information content (AvgIpc) is 3.11. The van der Waals surface area contributed by atoms with E-state index in [9.17, 15) is 0 Å². The molecular weight excluding hydrogens is 264 g/mol. The highest BCUT2D eigenvalue weighted by Gasteiger charge is 2.25. The Labute approximate surface area is 125 Å². The molecule has 1 fully saturated rings. The molecule has 20 heavy (non-hydrogen) atoms. The van der Waals surface area contributed by atoms with Crippen LogP contribution in [-0.2, 0) is 6.42 Å². The molecule has 1 N–H and O–H groups in total. The van der Waals surface area contributed by atoms with Crippen LogP contribution in [0.3, 0.4) is 0 Å². The van der Waals surface area contributed by atoms with Crippen molar-refractivity contribution < 1.29 is 0 Å². The van der Waals surface area contributed by atoms with Crippen LogP contribution in [0.15, 0.2) is 24.3 Å². The molecule has 108 valence electrons.